The van der Waals surface area contributed by atoms with Gasteiger partial charge in [0.2, 0.25) is 0 Å². The summed E-state index contributed by atoms with van der Waals surface area (Å²) >= 11 is 0. The van der Waals surface area contributed by atoms with Gasteiger partial charge in [0, 0.05) is 29.6 Å². The molecule has 6 rings (SSSR count). The van der Waals surface area contributed by atoms with Crippen molar-refractivity contribution in [3.05, 3.63) is 90.3 Å². The van der Waals surface area contributed by atoms with Crippen LogP contribution in [0, 0.1) is 0 Å². The highest BCUT2D eigenvalue weighted by atomic mass is 15.4. The van der Waals surface area contributed by atoms with Crippen LogP contribution in [0.2, 0.25) is 0 Å². The first-order valence-electron chi connectivity index (χ1n) is 10.1. The molecule has 0 bridgehead atoms. The lowest BCUT2D eigenvalue weighted by atomic mass is 10.0. The van der Waals surface area contributed by atoms with Gasteiger partial charge in [-0.05, 0) is 48.2 Å². The molecule has 0 radical (unpaired) electrons. The van der Waals surface area contributed by atoms with Crippen molar-refractivity contribution in [1.29, 1.82) is 0 Å². The molecular formula is C24H20N6. The summed E-state index contributed by atoms with van der Waals surface area (Å²) in [5, 5.41) is 9.18. The number of rotatable bonds is 3. The van der Waals surface area contributed by atoms with Crippen LogP contribution in [0.4, 0.5) is 0 Å². The second-order valence-electron chi connectivity index (χ2n) is 7.65. The molecule has 0 fully saturated rings. The Morgan fingerprint density at radius 3 is 2.67 bits per heavy atom. The van der Waals surface area contributed by atoms with Gasteiger partial charge in [0.15, 0.2) is 11.5 Å². The molecule has 1 aliphatic carbocycles. The Morgan fingerprint density at radius 2 is 1.83 bits per heavy atom. The van der Waals surface area contributed by atoms with Crippen molar-refractivity contribution in [2.75, 3.05) is 0 Å². The molecule has 6 nitrogen and oxygen atoms in total. The number of aryl methyl sites for hydroxylation is 1. The number of hydrogen-bond acceptors (Lipinski definition) is 4. The molecule has 3 aromatic heterocycles. The standard InChI is InChI=1S/C24H20N6/c25-20-10-8-17-15-18(7-9-19(17)20)23-24(16-5-2-1-3-6-16)30-21(27-23)11-12-22(28-30)29-14-4-13-26-29/h1-7,9,11-15,20H,8,10,25H2. The van der Waals surface area contributed by atoms with Gasteiger partial charge in [-0.25, -0.2) is 14.2 Å². The third kappa shape index (κ3) is 2.65. The lowest BCUT2D eigenvalue weighted by molar-refractivity contribution is 0.713. The van der Waals surface area contributed by atoms with E-state index in [1.165, 1.54) is 11.1 Å². The zero-order chi connectivity index (χ0) is 20.1. The predicted molar refractivity (Wildman–Crippen MR) is 116 cm³/mol. The number of benzene rings is 2. The fourth-order valence-corrected chi connectivity index (χ4v) is 4.30. The van der Waals surface area contributed by atoms with Crippen LogP contribution in [0.15, 0.2) is 79.1 Å². The third-order valence-electron chi connectivity index (χ3n) is 5.79. The van der Waals surface area contributed by atoms with E-state index in [9.17, 15) is 0 Å². The second kappa shape index (κ2) is 6.64. The zero-order valence-corrected chi connectivity index (χ0v) is 16.3. The summed E-state index contributed by atoms with van der Waals surface area (Å²) in [6.07, 6.45) is 5.65. The Balaban J connectivity index is 1.60. The number of nitrogens with zero attached hydrogens (tertiary/aromatic N) is 5. The summed E-state index contributed by atoms with van der Waals surface area (Å²) in [6.45, 7) is 0. The first kappa shape index (κ1) is 17.1. The predicted octanol–water partition coefficient (Wildman–Crippen LogP) is 4.20. The highest BCUT2D eigenvalue weighted by molar-refractivity contribution is 5.82. The molecule has 3 heterocycles. The Bertz CT molecular complexity index is 1350. The molecule has 0 aliphatic heterocycles. The van der Waals surface area contributed by atoms with E-state index in [1.807, 2.05) is 47.1 Å². The number of fused-ring (bicyclic) bond motifs is 2. The molecule has 6 heteroatoms. The zero-order valence-electron chi connectivity index (χ0n) is 16.3. The molecule has 0 amide bonds. The summed E-state index contributed by atoms with van der Waals surface area (Å²) < 4.78 is 3.67. The number of hydrogen-bond donors (Lipinski definition) is 1. The third-order valence-corrected chi connectivity index (χ3v) is 5.79. The summed E-state index contributed by atoms with van der Waals surface area (Å²) in [5.74, 6) is 0.744. The number of imidazole rings is 1. The van der Waals surface area contributed by atoms with Crippen molar-refractivity contribution in [3.63, 3.8) is 0 Å². The van der Waals surface area contributed by atoms with Gasteiger partial charge in [0.05, 0.1) is 5.69 Å². The number of nitrogens with two attached hydrogens (primary N) is 1. The van der Waals surface area contributed by atoms with Crippen LogP contribution in [-0.2, 0) is 6.42 Å². The number of aromatic nitrogens is 5. The fraction of sp³-hybridized carbons (Fsp3) is 0.125. The van der Waals surface area contributed by atoms with Crippen molar-refractivity contribution >= 4 is 5.65 Å². The van der Waals surface area contributed by atoms with Crippen molar-refractivity contribution in [2.24, 2.45) is 5.73 Å². The van der Waals surface area contributed by atoms with Crippen LogP contribution in [0.25, 0.3) is 34.0 Å². The highest BCUT2D eigenvalue weighted by Gasteiger charge is 2.22. The molecule has 30 heavy (non-hydrogen) atoms. The maximum atomic E-state index is 6.24. The van der Waals surface area contributed by atoms with Gasteiger partial charge in [0.1, 0.15) is 5.69 Å². The molecule has 0 spiro atoms. The van der Waals surface area contributed by atoms with E-state index in [2.05, 4.69) is 35.4 Å². The van der Waals surface area contributed by atoms with Gasteiger partial charge < -0.3 is 5.73 Å². The van der Waals surface area contributed by atoms with E-state index in [-0.39, 0.29) is 6.04 Å². The molecule has 146 valence electrons. The largest absolute Gasteiger partial charge is 0.324 e. The average molecular weight is 392 g/mol. The minimum absolute atomic E-state index is 0.141. The van der Waals surface area contributed by atoms with Crippen LogP contribution in [0.3, 0.4) is 0 Å². The van der Waals surface area contributed by atoms with Gasteiger partial charge in [-0.2, -0.15) is 5.10 Å². The molecule has 5 aromatic rings. The topological polar surface area (TPSA) is 74.0 Å². The van der Waals surface area contributed by atoms with Crippen LogP contribution in [0.1, 0.15) is 23.6 Å². The lowest BCUT2D eigenvalue weighted by Crippen LogP contribution is -2.04. The van der Waals surface area contributed by atoms with Crippen molar-refractivity contribution in [3.8, 4) is 28.3 Å². The first-order valence-corrected chi connectivity index (χ1v) is 10.1. The van der Waals surface area contributed by atoms with E-state index in [4.69, 9.17) is 15.8 Å². The van der Waals surface area contributed by atoms with Gasteiger partial charge in [-0.3, -0.25) is 0 Å². The van der Waals surface area contributed by atoms with Crippen molar-refractivity contribution < 1.29 is 0 Å². The average Bonchev–Trinajstić information content (AvgIpc) is 3.52. The second-order valence-corrected chi connectivity index (χ2v) is 7.65. The maximum absolute atomic E-state index is 6.24. The lowest BCUT2D eigenvalue weighted by Gasteiger charge is -2.09. The summed E-state index contributed by atoms with van der Waals surface area (Å²) in [7, 11) is 0. The van der Waals surface area contributed by atoms with Crippen LogP contribution in [0.5, 0.6) is 0 Å². The van der Waals surface area contributed by atoms with E-state index >= 15 is 0 Å². The summed E-state index contributed by atoms with van der Waals surface area (Å²) in [4.78, 5) is 4.97. The normalized spacial score (nSPS) is 15.6. The molecule has 0 saturated carbocycles. The fourth-order valence-electron chi connectivity index (χ4n) is 4.30. The van der Waals surface area contributed by atoms with E-state index < -0.39 is 0 Å². The highest BCUT2D eigenvalue weighted by Crippen LogP contribution is 2.36. The van der Waals surface area contributed by atoms with Gasteiger partial charge in [0.25, 0.3) is 0 Å². The Hall–Kier alpha value is -3.77. The molecule has 1 unspecified atom stereocenters. The quantitative estimate of drug-likeness (QED) is 0.499. The van der Waals surface area contributed by atoms with Crippen LogP contribution < -0.4 is 5.73 Å². The SMILES string of the molecule is NC1CCc2cc(-c3nc4ccc(-n5cccn5)nn4c3-c3ccccc3)ccc21. The Kier molecular flexibility index (Phi) is 3.79. The van der Waals surface area contributed by atoms with Gasteiger partial charge in [-0.15, -0.1) is 5.10 Å². The van der Waals surface area contributed by atoms with E-state index in [0.29, 0.717) is 0 Å². The molecular weight excluding hydrogens is 372 g/mol. The maximum Gasteiger partial charge on any atom is 0.174 e. The minimum Gasteiger partial charge on any atom is -0.324 e. The minimum atomic E-state index is 0.141. The van der Waals surface area contributed by atoms with Gasteiger partial charge >= 0.3 is 0 Å². The molecule has 1 aliphatic rings. The molecule has 1 atom stereocenters. The molecule has 2 aromatic carbocycles. The first-order chi connectivity index (χ1) is 14.8. The van der Waals surface area contributed by atoms with Crippen molar-refractivity contribution in [2.45, 2.75) is 18.9 Å². The molecule has 2 N–H and O–H groups in total. The van der Waals surface area contributed by atoms with E-state index in [1.54, 1.807) is 10.9 Å². The van der Waals surface area contributed by atoms with Crippen LogP contribution >= 0.6 is 0 Å². The monoisotopic (exact) mass is 392 g/mol. The van der Waals surface area contributed by atoms with Gasteiger partial charge in [-0.1, -0.05) is 42.5 Å². The summed E-state index contributed by atoms with van der Waals surface area (Å²) in [6, 6.07) is 22.8. The Morgan fingerprint density at radius 1 is 0.933 bits per heavy atom. The smallest absolute Gasteiger partial charge is 0.174 e. The van der Waals surface area contributed by atoms with Crippen molar-refractivity contribution in [1.82, 2.24) is 24.4 Å². The Labute approximate surface area is 173 Å². The summed E-state index contributed by atoms with van der Waals surface area (Å²) in [5.41, 5.74) is 13.7. The van der Waals surface area contributed by atoms with E-state index in [0.717, 1.165) is 46.8 Å². The van der Waals surface area contributed by atoms with Crippen LogP contribution in [-0.4, -0.2) is 24.4 Å². The molecule has 0 saturated heterocycles.